The van der Waals surface area contributed by atoms with Crippen LogP contribution in [0, 0.1) is 0 Å². The summed E-state index contributed by atoms with van der Waals surface area (Å²) < 4.78 is 15.4. The Bertz CT molecular complexity index is 3160. The molecule has 0 fully saturated rings. The molecule has 0 amide bonds. The van der Waals surface area contributed by atoms with Crippen molar-refractivity contribution < 1.29 is 8.83 Å². The van der Waals surface area contributed by atoms with Crippen molar-refractivity contribution in [3.63, 3.8) is 0 Å². The Morgan fingerprint density at radius 2 is 0.961 bits per heavy atom. The van der Waals surface area contributed by atoms with Crippen LogP contribution in [-0.2, 0) is 0 Å². The van der Waals surface area contributed by atoms with Crippen LogP contribution in [0.1, 0.15) is 0 Å². The Kier molecular flexibility index (Phi) is 6.05. The molecule has 0 atom stereocenters. The summed E-state index contributed by atoms with van der Waals surface area (Å²) >= 11 is 1.84. The zero-order valence-electron chi connectivity index (χ0n) is 27.0. The second kappa shape index (κ2) is 10.9. The van der Waals surface area contributed by atoms with Crippen molar-refractivity contribution >= 4 is 75.4 Å². The summed E-state index contributed by atoms with van der Waals surface area (Å²) in [7, 11) is 0. The highest BCUT2D eigenvalue weighted by molar-refractivity contribution is 7.26. The molecule has 7 aromatic carbocycles. The molecule has 0 N–H and O–H groups in total. The first-order valence-corrected chi connectivity index (χ1v) is 17.7. The molecule has 11 aromatic rings. The van der Waals surface area contributed by atoms with E-state index in [1.165, 1.54) is 25.7 Å². The van der Waals surface area contributed by atoms with E-state index in [4.69, 9.17) is 23.8 Å². The average molecular weight is 672 g/mol. The van der Waals surface area contributed by atoms with E-state index in [9.17, 15) is 0 Å². The summed E-state index contributed by atoms with van der Waals surface area (Å²) in [4.78, 5) is 15.2. The van der Waals surface area contributed by atoms with Crippen LogP contribution >= 0.6 is 11.3 Å². The monoisotopic (exact) mass is 671 g/mol. The molecule has 0 aliphatic carbocycles. The van der Waals surface area contributed by atoms with Gasteiger partial charge in [0.1, 0.15) is 22.3 Å². The van der Waals surface area contributed by atoms with Gasteiger partial charge in [-0.25, -0.2) is 15.0 Å². The molecule has 0 spiro atoms. The lowest BCUT2D eigenvalue weighted by molar-refractivity contribution is 0.668. The van der Waals surface area contributed by atoms with Crippen molar-refractivity contribution in [3.05, 3.63) is 152 Å². The number of aromatic nitrogens is 3. The number of thiophene rings is 1. The maximum Gasteiger partial charge on any atom is 0.164 e. The molecule has 0 radical (unpaired) electrons. The topological polar surface area (TPSA) is 65.0 Å². The van der Waals surface area contributed by atoms with E-state index >= 15 is 0 Å². The number of furan rings is 2. The number of fused-ring (bicyclic) bond motifs is 9. The van der Waals surface area contributed by atoms with Crippen LogP contribution < -0.4 is 0 Å². The summed E-state index contributed by atoms with van der Waals surface area (Å²) in [6.07, 6.45) is 0. The van der Waals surface area contributed by atoms with E-state index in [-0.39, 0.29) is 0 Å². The van der Waals surface area contributed by atoms with Gasteiger partial charge in [-0.2, -0.15) is 0 Å². The van der Waals surface area contributed by atoms with Crippen LogP contribution in [0.3, 0.4) is 0 Å². The van der Waals surface area contributed by atoms with Gasteiger partial charge in [0.2, 0.25) is 0 Å². The Balaban J connectivity index is 1.11. The molecule has 0 unspecified atom stereocenters. The zero-order valence-corrected chi connectivity index (χ0v) is 27.8. The number of hydrogen-bond donors (Lipinski definition) is 0. The molecular formula is C45H25N3O2S. The first-order chi connectivity index (χ1) is 25.3. The van der Waals surface area contributed by atoms with Crippen LogP contribution in [-0.4, -0.2) is 15.0 Å². The molecule has 238 valence electrons. The van der Waals surface area contributed by atoms with Crippen LogP contribution in [0.25, 0.3) is 109 Å². The number of para-hydroxylation sites is 1. The SMILES string of the molecule is c1ccc(-c2nc(-c3ccc4c(c3)oc3cccc(-c5cccc6c5sc5ccccc56)c34)nc(-c3cccc4oc5ccccc5c34)n2)cc1. The van der Waals surface area contributed by atoms with Crippen LogP contribution in [0.2, 0.25) is 0 Å². The lowest BCUT2D eigenvalue weighted by atomic mass is 9.97. The summed E-state index contributed by atoms with van der Waals surface area (Å²) in [5.41, 5.74) is 8.27. The molecule has 0 bridgehead atoms. The summed E-state index contributed by atoms with van der Waals surface area (Å²) in [6, 6.07) is 52.0. The number of rotatable bonds is 4. The molecule has 11 rings (SSSR count). The fourth-order valence-corrected chi connectivity index (χ4v) is 8.68. The molecule has 6 heteroatoms. The lowest BCUT2D eigenvalue weighted by Gasteiger charge is -2.09. The standard InChI is InChI=1S/C45H25N3O2S/c1-2-11-26(12-3-1)43-46-44(48-45(47-43)34-18-10-21-37-41(34)32-14-4-6-19-35(32)49-37)27-23-24-33-38(25-27)50-36-20-9-15-29(40(33)36)31-17-8-16-30-28-13-5-7-22-39(28)51-42(30)31/h1-25H. The first kappa shape index (κ1) is 28.2. The van der Waals surface area contributed by atoms with Gasteiger partial charge in [-0.1, -0.05) is 115 Å². The Labute approximate surface area is 295 Å². The highest BCUT2D eigenvalue weighted by atomic mass is 32.1. The fraction of sp³-hybridized carbons (Fsp3) is 0. The predicted molar refractivity (Wildman–Crippen MR) is 209 cm³/mol. The number of benzene rings is 7. The lowest BCUT2D eigenvalue weighted by Crippen LogP contribution is -2.00. The highest BCUT2D eigenvalue weighted by Gasteiger charge is 2.20. The number of nitrogens with zero attached hydrogens (tertiary/aromatic N) is 3. The zero-order chi connectivity index (χ0) is 33.5. The third kappa shape index (κ3) is 4.37. The Hall–Kier alpha value is -6.63. The first-order valence-electron chi connectivity index (χ1n) is 16.9. The molecule has 0 aliphatic heterocycles. The van der Waals surface area contributed by atoms with Crippen molar-refractivity contribution in [3.8, 4) is 45.3 Å². The normalized spacial score (nSPS) is 11.9. The summed E-state index contributed by atoms with van der Waals surface area (Å²) in [6.45, 7) is 0. The molecule has 0 saturated carbocycles. The third-order valence-corrected chi connectivity index (χ3v) is 11.0. The van der Waals surface area contributed by atoms with Crippen LogP contribution in [0.15, 0.2) is 160 Å². The van der Waals surface area contributed by atoms with Gasteiger partial charge >= 0.3 is 0 Å². The maximum atomic E-state index is 6.59. The minimum absolute atomic E-state index is 0.571. The highest BCUT2D eigenvalue weighted by Crippen LogP contribution is 2.44. The van der Waals surface area contributed by atoms with E-state index in [1.54, 1.807) is 0 Å². The minimum Gasteiger partial charge on any atom is -0.456 e. The van der Waals surface area contributed by atoms with Crippen molar-refractivity contribution in [2.45, 2.75) is 0 Å². The molecular weight excluding hydrogens is 647 g/mol. The quantitative estimate of drug-likeness (QED) is 0.186. The van der Waals surface area contributed by atoms with E-state index in [1.807, 2.05) is 78.1 Å². The van der Waals surface area contributed by atoms with Gasteiger partial charge < -0.3 is 8.83 Å². The molecule has 0 aliphatic rings. The van der Waals surface area contributed by atoms with Gasteiger partial charge in [-0.15, -0.1) is 11.3 Å². The van der Waals surface area contributed by atoms with Gasteiger partial charge in [-0.05, 0) is 42.0 Å². The van der Waals surface area contributed by atoms with Gasteiger partial charge in [0.05, 0.1) is 0 Å². The second-order valence-electron chi connectivity index (χ2n) is 12.7. The van der Waals surface area contributed by atoms with Gasteiger partial charge in [-0.3, -0.25) is 0 Å². The molecule has 4 heterocycles. The fourth-order valence-electron chi connectivity index (χ4n) is 7.45. The summed E-state index contributed by atoms with van der Waals surface area (Å²) in [5.74, 6) is 1.75. The smallest absolute Gasteiger partial charge is 0.164 e. The van der Waals surface area contributed by atoms with Crippen molar-refractivity contribution in [2.75, 3.05) is 0 Å². The Morgan fingerprint density at radius 1 is 0.373 bits per heavy atom. The van der Waals surface area contributed by atoms with E-state index in [0.717, 1.165) is 66.1 Å². The largest absolute Gasteiger partial charge is 0.456 e. The number of hydrogen-bond acceptors (Lipinski definition) is 6. The van der Waals surface area contributed by atoms with E-state index in [2.05, 4.69) is 84.9 Å². The summed E-state index contributed by atoms with van der Waals surface area (Å²) in [5, 5.41) is 6.73. The Morgan fingerprint density at radius 3 is 1.82 bits per heavy atom. The molecule has 0 saturated heterocycles. The predicted octanol–water partition coefficient (Wildman–Crippen LogP) is 12.7. The minimum atomic E-state index is 0.571. The van der Waals surface area contributed by atoms with E-state index in [0.29, 0.717) is 17.5 Å². The molecule has 51 heavy (non-hydrogen) atoms. The van der Waals surface area contributed by atoms with Crippen LogP contribution in [0.4, 0.5) is 0 Å². The van der Waals surface area contributed by atoms with Crippen molar-refractivity contribution in [1.29, 1.82) is 0 Å². The molecule has 4 aromatic heterocycles. The van der Waals surface area contributed by atoms with Crippen molar-refractivity contribution in [2.24, 2.45) is 0 Å². The van der Waals surface area contributed by atoms with Crippen molar-refractivity contribution in [1.82, 2.24) is 15.0 Å². The third-order valence-electron chi connectivity index (χ3n) is 9.76. The van der Waals surface area contributed by atoms with Gasteiger partial charge in [0, 0.05) is 64.0 Å². The maximum absolute atomic E-state index is 6.59. The van der Waals surface area contributed by atoms with Crippen LogP contribution in [0.5, 0.6) is 0 Å². The average Bonchev–Trinajstić information content (AvgIpc) is 3.89. The molecule has 5 nitrogen and oxygen atoms in total. The van der Waals surface area contributed by atoms with Gasteiger partial charge in [0.25, 0.3) is 0 Å². The second-order valence-corrected chi connectivity index (χ2v) is 13.8. The van der Waals surface area contributed by atoms with Gasteiger partial charge in [0.15, 0.2) is 17.5 Å². The van der Waals surface area contributed by atoms with E-state index < -0.39 is 0 Å².